The van der Waals surface area contributed by atoms with Crippen LogP contribution in [0.3, 0.4) is 0 Å². The zero-order valence-electron chi connectivity index (χ0n) is 7.23. The van der Waals surface area contributed by atoms with Crippen molar-refractivity contribution in [3.05, 3.63) is 0 Å². The third kappa shape index (κ3) is 7.12. The zero-order valence-corrected chi connectivity index (χ0v) is 7.23. The van der Waals surface area contributed by atoms with Crippen LogP contribution < -0.4 is 0 Å². The van der Waals surface area contributed by atoms with Crippen molar-refractivity contribution in [3.8, 4) is 12.3 Å². The van der Waals surface area contributed by atoms with E-state index >= 15 is 0 Å². The molecule has 0 radical (unpaired) electrons. The van der Waals surface area contributed by atoms with Gasteiger partial charge in [-0.2, -0.15) is 0 Å². The van der Waals surface area contributed by atoms with E-state index in [0.29, 0.717) is 6.42 Å². The first-order valence-corrected chi connectivity index (χ1v) is 4.30. The topological polar surface area (TPSA) is 17.1 Å². The highest BCUT2D eigenvalue weighted by Crippen LogP contribution is 2.04. The van der Waals surface area contributed by atoms with Gasteiger partial charge in [0.25, 0.3) is 0 Å². The minimum Gasteiger partial charge on any atom is -0.285 e. The van der Waals surface area contributed by atoms with E-state index in [1.807, 2.05) is 0 Å². The molecule has 0 atom stereocenters. The molecule has 0 spiro atoms. The highest BCUT2D eigenvalue weighted by molar-refractivity contribution is 5.94. The van der Waals surface area contributed by atoms with E-state index in [-0.39, 0.29) is 5.78 Å². The van der Waals surface area contributed by atoms with Crippen LogP contribution in [-0.4, -0.2) is 5.78 Å². The first-order chi connectivity index (χ1) is 5.31. The van der Waals surface area contributed by atoms with Gasteiger partial charge in [-0.3, -0.25) is 4.79 Å². The lowest BCUT2D eigenvalue weighted by atomic mass is 10.1. The average Bonchev–Trinajstić information content (AvgIpc) is 2.04. The van der Waals surface area contributed by atoms with Crippen molar-refractivity contribution in [2.75, 3.05) is 0 Å². The number of unbranched alkanes of at least 4 members (excludes halogenated alkanes) is 4. The van der Waals surface area contributed by atoms with Gasteiger partial charge in [0.05, 0.1) is 0 Å². The van der Waals surface area contributed by atoms with Gasteiger partial charge in [-0.05, 0) is 12.3 Å². The molecule has 0 aliphatic rings. The summed E-state index contributed by atoms with van der Waals surface area (Å²) in [4.78, 5) is 10.6. The van der Waals surface area contributed by atoms with Gasteiger partial charge in [0.15, 0.2) is 0 Å². The Labute approximate surface area is 69.2 Å². The Bertz CT molecular complexity index is 141. The molecule has 1 heteroatoms. The Morgan fingerprint density at radius 2 is 1.91 bits per heavy atom. The van der Waals surface area contributed by atoms with Gasteiger partial charge in [-0.1, -0.05) is 32.6 Å². The quantitative estimate of drug-likeness (QED) is 0.325. The van der Waals surface area contributed by atoms with E-state index in [9.17, 15) is 4.79 Å². The third-order valence-corrected chi connectivity index (χ3v) is 1.67. The highest BCUT2D eigenvalue weighted by Gasteiger charge is 1.95. The van der Waals surface area contributed by atoms with Crippen molar-refractivity contribution in [1.82, 2.24) is 0 Å². The van der Waals surface area contributed by atoms with Gasteiger partial charge in [0, 0.05) is 6.42 Å². The van der Waals surface area contributed by atoms with Crippen molar-refractivity contribution in [3.63, 3.8) is 0 Å². The number of carbonyl (C=O) groups is 1. The monoisotopic (exact) mass is 152 g/mol. The fourth-order valence-corrected chi connectivity index (χ4v) is 0.961. The summed E-state index contributed by atoms with van der Waals surface area (Å²) in [6, 6.07) is 0. The van der Waals surface area contributed by atoms with Crippen LogP contribution in [0.4, 0.5) is 0 Å². The molecule has 62 valence electrons. The SMILES string of the molecule is C#CC(=O)CCCCCCC. The van der Waals surface area contributed by atoms with Crippen LogP contribution in [0.5, 0.6) is 0 Å². The van der Waals surface area contributed by atoms with Crippen LogP contribution in [0.15, 0.2) is 0 Å². The summed E-state index contributed by atoms with van der Waals surface area (Å²) < 4.78 is 0. The first kappa shape index (κ1) is 10.2. The molecule has 0 amide bonds. The van der Waals surface area contributed by atoms with Crippen LogP contribution in [0.1, 0.15) is 45.4 Å². The number of hydrogen-bond acceptors (Lipinski definition) is 1. The molecule has 0 aromatic heterocycles. The molecule has 0 aliphatic carbocycles. The fraction of sp³-hybridized carbons (Fsp3) is 0.700. The molecule has 0 aromatic rings. The second-order valence-corrected chi connectivity index (χ2v) is 2.73. The molecule has 0 bridgehead atoms. The minimum absolute atomic E-state index is 0.0542. The summed E-state index contributed by atoms with van der Waals surface area (Å²) in [5, 5.41) is 0. The van der Waals surface area contributed by atoms with Crippen molar-refractivity contribution in [2.45, 2.75) is 45.4 Å². The zero-order chi connectivity index (χ0) is 8.53. The van der Waals surface area contributed by atoms with Gasteiger partial charge in [-0.25, -0.2) is 0 Å². The van der Waals surface area contributed by atoms with E-state index in [4.69, 9.17) is 6.42 Å². The van der Waals surface area contributed by atoms with E-state index in [1.54, 1.807) is 0 Å². The van der Waals surface area contributed by atoms with Crippen LogP contribution in [0.2, 0.25) is 0 Å². The predicted octanol–water partition coefficient (Wildman–Crippen LogP) is 2.55. The van der Waals surface area contributed by atoms with Crippen LogP contribution >= 0.6 is 0 Å². The molecule has 11 heavy (non-hydrogen) atoms. The minimum atomic E-state index is -0.0542. The lowest BCUT2D eigenvalue weighted by Gasteiger charge is -1.95. The summed E-state index contributed by atoms with van der Waals surface area (Å²) in [5.41, 5.74) is 0. The summed E-state index contributed by atoms with van der Waals surface area (Å²) in [5.74, 6) is 2.06. The maximum absolute atomic E-state index is 10.6. The molecule has 0 saturated carbocycles. The van der Waals surface area contributed by atoms with Crippen molar-refractivity contribution in [2.24, 2.45) is 0 Å². The molecule has 0 N–H and O–H groups in total. The molecule has 1 nitrogen and oxygen atoms in total. The molecule has 0 heterocycles. The lowest BCUT2D eigenvalue weighted by molar-refractivity contribution is -0.113. The van der Waals surface area contributed by atoms with Crippen molar-refractivity contribution in [1.29, 1.82) is 0 Å². The standard InChI is InChI=1S/C10H16O/c1-3-5-6-7-8-9-10(11)4-2/h2H,3,5-9H2,1H3. The third-order valence-electron chi connectivity index (χ3n) is 1.67. The maximum Gasteiger partial charge on any atom is 0.205 e. The lowest BCUT2D eigenvalue weighted by Crippen LogP contribution is -1.91. The summed E-state index contributed by atoms with van der Waals surface area (Å²) in [6.45, 7) is 2.17. The van der Waals surface area contributed by atoms with E-state index in [0.717, 1.165) is 12.8 Å². The van der Waals surface area contributed by atoms with Gasteiger partial charge in [0.1, 0.15) is 0 Å². The smallest absolute Gasteiger partial charge is 0.205 e. The Kier molecular flexibility index (Phi) is 6.82. The van der Waals surface area contributed by atoms with E-state index in [1.165, 1.54) is 19.3 Å². The summed E-state index contributed by atoms with van der Waals surface area (Å²) in [7, 11) is 0. The second kappa shape index (κ2) is 7.34. The summed E-state index contributed by atoms with van der Waals surface area (Å²) >= 11 is 0. The number of terminal acetylenes is 1. The number of carbonyl (C=O) groups excluding carboxylic acids is 1. The highest BCUT2D eigenvalue weighted by atomic mass is 16.1. The molecule has 0 aromatic carbocycles. The fourth-order valence-electron chi connectivity index (χ4n) is 0.961. The van der Waals surface area contributed by atoms with Crippen molar-refractivity contribution >= 4 is 5.78 Å². The van der Waals surface area contributed by atoms with Crippen LogP contribution in [-0.2, 0) is 4.79 Å². The maximum atomic E-state index is 10.6. The Morgan fingerprint density at radius 3 is 2.45 bits per heavy atom. The molecule has 0 rings (SSSR count). The van der Waals surface area contributed by atoms with Crippen molar-refractivity contribution < 1.29 is 4.79 Å². The molecule has 0 aliphatic heterocycles. The van der Waals surface area contributed by atoms with E-state index < -0.39 is 0 Å². The van der Waals surface area contributed by atoms with Gasteiger partial charge < -0.3 is 0 Å². The number of Topliss-reactive ketones (excluding diaryl/α,β-unsaturated/α-hetero) is 1. The largest absolute Gasteiger partial charge is 0.285 e. The first-order valence-electron chi connectivity index (χ1n) is 4.30. The number of ketones is 1. The Hall–Kier alpha value is -0.770. The molecule has 0 unspecified atom stereocenters. The van der Waals surface area contributed by atoms with E-state index in [2.05, 4.69) is 12.8 Å². The number of rotatable bonds is 6. The van der Waals surface area contributed by atoms with Crippen LogP contribution in [0, 0.1) is 12.3 Å². The van der Waals surface area contributed by atoms with Gasteiger partial charge in [0.2, 0.25) is 5.78 Å². The molecular weight excluding hydrogens is 136 g/mol. The molecule has 0 saturated heterocycles. The number of hydrogen-bond donors (Lipinski definition) is 0. The van der Waals surface area contributed by atoms with Gasteiger partial charge >= 0.3 is 0 Å². The molecule has 0 fully saturated rings. The normalized spacial score (nSPS) is 9.09. The summed E-state index contributed by atoms with van der Waals surface area (Å²) in [6.07, 6.45) is 11.3. The van der Waals surface area contributed by atoms with Gasteiger partial charge in [-0.15, -0.1) is 6.42 Å². The van der Waals surface area contributed by atoms with Crippen LogP contribution in [0.25, 0.3) is 0 Å². The molecular formula is C10H16O. The Balaban J connectivity index is 3.03. The average molecular weight is 152 g/mol. The Morgan fingerprint density at radius 1 is 1.27 bits per heavy atom. The predicted molar refractivity (Wildman–Crippen MR) is 47.2 cm³/mol. The second-order valence-electron chi connectivity index (χ2n) is 2.73.